The lowest BCUT2D eigenvalue weighted by Crippen LogP contribution is -2.17. The van der Waals surface area contributed by atoms with E-state index >= 15 is 0 Å². The summed E-state index contributed by atoms with van der Waals surface area (Å²) >= 11 is 5.99. The van der Waals surface area contributed by atoms with Crippen LogP contribution in [0.1, 0.15) is 0 Å². The van der Waals surface area contributed by atoms with Crippen LogP contribution in [0.4, 0.5) is 13.2 Å². The third-order valence-electron chi connectivity index (χ3n) is 2.73. The normalized spacial score (nSPS) is 12.4. The van der Waals surface area contributed by atoms with Gasteiger partial charge in [-0.25, -0.2) is 0 Å². The first-order valence-electron chi connectivity index (χ1n) is 5.06. The van der Waals surface area contributed by atoms with Crippen molar-refractivity contribution in [2.45, 2.75) is 6.36 Å². The van der Waals surface area contributed by atoms with Crippen LogP contribution >= 0.6 is 11.6 Å². The van der Waals surface area contributed by atoms with Gasteiger partial charge < -0.3 is 4.74 Å². The fourth-order valence-corrected chi connectivity index (χ4v) is 2.34. The molecule has 0 N–H and O–H groups in total. The van der Waals surface area contributed by atoms with Gasteiger partial charge in [0.1, 0.15) is 5.75 Å². The molecule has 18 heavy (non-hydrogen) atoms. The predicted octanol–water partition coefficient (Wildman–Crippen LogP) is 4.78. The molecule has 4 rings (SSSR count). The molecular formula is C13H5ClF3O. The van der Waals surface area contributed by atoms with Gasteiger partial charge in [-0.15, -0.1) is 13.2 Å². The van der Waals surface area contributed by atoms with E-state index in [1.54, 1.807) is 24.3 Å². The molecule has 91 valence electrons. The third kappa shape index (κ3) is 1.73. The van der Waals surface area contributed by atoms with Gasteiger partial charge in [-0.05, 0) is 22.9 Å². The van der Waals surface area contributed by atoms with Crippen LogP contribution in [0.2, 0.25) is 5.02 Å². The van der Waals surface area contributed by atoms with Crippen molar-refractivity contribution < 1.29 is 17.9 Å². The summed E-state index contributed by atoms with van der Waals surface area (Å²) in [5, 5.41) is 2.73. The largest absolute Gasteiger partial charge is 0.573 e. The Morgan fingerprint density at radius 3 is 2.56 bits per heavy atom. The van der Waals surface area contributed by atoms with Crippen LogP contribution in [0.25, 0.3) is 21.5 Å². The number of benzene rings is 4. The number of alkyl halides is 3. The zero-order valence-electron chi connectivity index (χ0n) is 8.81. The van der Waals surface area contributed by atoms with E-state index in [0.29, 0.717) is 21.2 Å². The molecule has 0 amide bonds. The van der Waals surface area contributed by atoms with Crippen LogP contribution in [-0.2, 0) is 0 Å². The maximum atomic E-state index is 12.3. The van der Waals surface area contributed by atoms with Crippen molar-refractivity contribution in [1.29, 1.82) is 0 Å². The van der Waals surface area contributed by atoms with E-state index in [1.165, 1.54) is 6.07 Å². The Kier molecular flexibility index (Phi) is 2.32. The summed E-state index contributed by atoms with van der Waals surface area (Å²) in [6, 6.07) is 10.8. The first-order chi connectivity index (χ1) is 8.46. The van der Waals surface area contributed by atoms with Gasteiger partial charge in [0.2, 0.25) is 0 Å². The smallest absolute Gasteiger partial charge is 0.404 e. The lowest BCUT2D eigenvalue weighted by Gasteiger charge is -2.14. The van der Waals surface area contributed by atoms with Gasteiger partial charge in [-0.1, -0.05) is 29.8 Å². The van der Waals surface area contributed by atoms with Crippen LogP contribution in [0.3, 0.4) is 0 Å². The van der Waals surface area contributed by atoms with Gasteiger partial charge >= 0.3 is 6.36 Å². The van der Waals surface area contributed by atoms with Gasteiger partial charge in [0, 0.05) is 21.9 Å². The fraction of sp³-hybridized carbons (Fsp3) is 0.0769. The van der Waals surface area contributed by atoms with Gasteiger partial charge in [-0.3, -0.25) is 0 Å². The molecular weight excluding hydrogens is 265 g/mol. The van der Waals surface area contributed by atoms with Crippen LogP contribution in [-0.4, -0.2) is 6.36 Å². The molecule has 0 aliphatic rings. The zero-order chi connectivity index (χ0) is 12.9. The number of halogens is 4. The molecule has 0 saturated carbocycles. The molecule has 0 aliphatic heterocycles. The van der Waals surface area contributed by atoms with E-state index in [9.17, 15) is 13.2 Å². The highest BCUT2D eigenvalue weighted by atomic mass is 35.5. The maximum absolute atomic E-state index is 12.3. The van der Waals surface area contributed by atoms with Crippen molar-refractivity contribution in [3.63, 3.8) is 0 Å². The molecule has 0 heterocycles. The van der Waals surface area contributed by atoms with Gasteiger partial charge in [0.15, 0.2) is 0 Å². The topological polar surface area (TPSA) is 9.23 Å². The molecule has 0 saturated heterocycles. The SMILES string of the molecule is FC(F)(F)Oc1[c]ccc2c3ccc(c(Cl)c3)c12. The van der Waals surface area contributed by atoms with Crippen molar-refractivity contribution in [3.8, 4) is 5.75 Å². The second-order valence-electron chi connectivity index (χ2n) is 3.84. The Morgan fingerprint density at radius 2 is 1.89 bits per heavy atom. The minimum Gasteiger partial charge on any atom is -0.404 e. The second-order valence-corrected chi connectivity index (χ2v) is 4.25. The highest BCUT2D eigenvalue weighted by Gasteiger charge is 2.32. The van der Waals surface area contributed by atoms with Crippen molar-refractivity contribution in [1.82, 2.24) is 0 Å². The molecule has 0 fully saturated rings. The van der Waals surface area contributed by atoms with Crippen LogP contribution in [0.15, 0.2) is 30.3 Å². The maximum Gasteiger partial charge on any atom is 0.573 e. The second kappa shape index (κ2) is 3.65. The molecule has 1 nitrogen and oxygen atoms in total. The summed E-state index contributed by atoms with van der Waals surface area (Å²) in [7, 11) is 0. The number of rotatable bonds is 1. The minimum atomic E-state index is -4.74. The van der Waals surface area contributed by atoms with Crippen molar-refractivity contribution >= 4 is 33.1 Å². The summed E-state index contributed by atoms with van der Waals surface area (Å²) in [5.74, 6) is -0.344. The number of fused-ring (bicyclic) bond motifs is 2. The molecule has 0 atom stereocenters. The summed E-state index contributed by atoms with van der Waals surface area (Å²) in [5.41, 5.74) is 0. The van der Waals surface area contributed by atoms with Gasteiger partial charge in [0.25, 0.3) is 0 Å². The van der Waals surface area contributed by atoms with E-state index in [-0.39, 0.29) is 5.75 Å². The Morgan fingerprint density at radius 1 is 1.11 bits per heavy atom. The summed E-state index contributed by atoms with van der Waals surface area (Å²) in [6.07, 6.45) is -4.74. The first-order valence-corrected chi connectivity index (χ1v) is 5.44. The molecule has 0 unspecified atom stereocenters. The number of hydrogen-bond donors (Lipinski definition) is 0. The predicted molar refractivity (Wildman–Crippen MR) is 63.2 cm³/mol. The van der Waals surface area contributed by atoms with Gasteiger partial charge in [-0.2, -0.15) is 0 Å². The average molecular weight is 270 g/mol. The monoisotopic (exact) mass is 269 g/mol. The highest BCUT2D eigenvalue weighted by molar-refractivity contribution is 6.38. The fourth-order valence-electron chi connectivity index (χ4n) is 2.07. The standard InChI is InChI=1S/C13H5ClF3O/c14-10-6-7-4-5-9(10)12-8(7)2-1-3-11(12)18-13(15,16)17/h1-2,4-6H. The van der Waals surface area contributed by atoms with E-state index in [4.69, 9.17) is 11.6 Å². The number of hydrogen-bond acceptors (Lipinski definition) is 1. The van der Waals surface area contributed by atoms with Crippen molar-refractivity contribution in [3.05, 3.63) is 41.4 Å². The lowest BCUT2D eigenvalue weighted by molar-refractivity contribution is -0.274. The van der Waals surface area contributed by atoms with Crippen LogP contribution in [0, 0.1) is 6.07 Å². The summed E-state index contributed by atoms with van der Waals surface area (Å²) in [6.45, 7) is 0. The molecule has 5 heteroatoms. The molecule has 0 spiro atoms. The Bertz CT molecular complexity index is 721. The van der Waals surface area contributed by atoms with Crippen molar-refractivity contribution in [2.75, 3.05) is 0 Å². The van der Waals surface area contributed by atoms with E-state index in [1.807, 2.05) is 0 Å². The van der Waals surface area contributed by atoms with E-state index in [0.717, 1.165) is 5.39 Å². The summed E-state index contributed by atoms with van der Waals surface area (Å²) in [4.78, 5) is 0. The van der Waals surface area contributed by atoms with E-state index < -0.39 is 6.36 Å². The molecule has 4 aromatic carbocycles. The number of ether oxygens (including phenoxy) is 1. The Balaban J connectivity index is 2.35. The quantitative estimate of drug-likeness (QED) is 0.617. The first kappa shape index (κ1) is 11.4. The third-order valence-corrected chi connectivity index (χ3v) is 3.04. The highest BCUT2D eigenvalue weighted by Crippen LogP contribution is 2.40. The van der Waals surface area contributed by atoms with Crippen molar-refractivity contribution in [2.24, 2.45) is 0 Å². The molecule has 1 radical (unpaired) electrons. The molecule has 0 aromatic heterocycles. The summed E-state index contributed by atoms with van der Waals surface area (Å²) < 4.78 is 41.0. The van der Waals surface area contributed by atoms with Crippen LogP contribution < -0.4 is 4.74 Å². The minimum absolute atomic E-state index is 0.344. The average Bonchev–Trinajstić information content (AvgIpc) is 2.28. The van der Waals surface area contributed by atoms with Crippen LogP contribution in [0.5, 0.6) is 5.75 Å². The van der Waals surface area contributed by atoms with Gasteiger partial charge in [0.05, 0.1) is 0 Å². The molecule has 2 bridgehead atoms. The van der Waals surface area contributed by atoms with E-state index in [2.05, 4.69) is 10.8 Å². The zero-order valence-corrected chi connectivity index (χ0v) is 9.56. The Hall–Kier alpha value is -1.68. The molecule has 0 aliphatic carbocycles. The lowest BCUT2D eigenvalue weighted by atomic mass is 9.99. The molecule has 4 aromatic rings. The Labute approximate surface area is 105 Å².